The molecule has 0 saturated heterocycles. The highest BCUT2D eigenvalue weighted by molar-refractivity contribution is 6.13. The molecule has 0 atom stereocenters. The molecular weight excluding hydrogens is 617 g/mol. The molecule has 0 bridgehead atoms. The topological polar surface area (TPSA) is 8.17 Å². The van der Waals surface area contributed by atoms with E-state index in [2.05, 4.69) is 189 Å². The fourth-order valence-corrected chi connectivity index (χ4v) is 8.33. The van der Waals surface area contributed by atoms with Crippen molar-refractivity contribution in [2.45, 2.75) is 33.6 Å². The van der Waals surface area contributed by atoms with Crippen LogP contribution in [-0.2, 0) is 0 Å². The Morgan fingerprint density at radius 2 is 1.00 bits per heavy atom. The maximum atomic E-state index is 2.45. The van der Waals surface area contributed by atoms with Crippen LogP contribution in [-0.4, -0.2) is 4.57 Å². The van der Waals surface area contributed by atoms with Crippen LogP contribution in [0, 0.1) is 13.8 Å². The zero-order chi connectivity index (χ0) is 34.4. The van der Waals surface area contributed by atoms with Gasteiger partial charge in [-0.15, -0.1) is 0 Å². The Labute approximate surface area is 298 Å². The van der Waals surface area contributed by atoms with Crippen molar-refractivity contribution in [1.82, 2.24) is 4.57 Å². The SMILES string of the molecule is Cc1ccccc1N(c1ccc2cc3c(cc2c1)-c1cc2cc(-n4c5ccccc5c5ccccc54)ccc2cc1-3)c1cc(C(C)C)ccc1C. The maximum Gasteiger partial charge on any atom is 0.0541 e. The van der Waals surface area contributed by atoms with E-state index in [9.17, 15) is 0 Å². The summed E-state index contributed by atoms with van der Waals surface area (Å²) in [5, 5.41) is 7.63. The van der Waals surface area contributed by atoms with E-state index in [1.165, 1.54) is 105 Å². The van der Waals surface area contributed by atoms with Gasteiger partial charge in [0.2, 0.25) is 0 Å². The molecule has 0 N–H and O–H groups in total. The summed E-state index contributed by atoms with van der Waals surface area (Å²) in [6, 6.07) is 56.6. The number of rotatable bonds is 5. The van der Waals surface area contributed by atoms with Gasteiger partial charge in [0.05, 0.1) is 11.0 Å². The molecule has 0 radical (unpaired) electrons. The number of para-hydroxylation sites is 3. The summed E-state index contributed by atoms with van der Waals surface area (Å²) in [6.45, 7) is 8.98. The highest BCUT2D eigenvalue weighted by atomic mass is 15.1. The lowest BCUT2D eigenvalue weighted by molar-refractivity contribution is 0.865. The molecule has 8 aromatic carbocycles. The molecule has 244 valence electrons. The fraction of sp³-hybridized carbons (Fsp3) is 0.102. The van der Waals surface area contributed by atoms with Crippen LogP contribution in [0.15, 0.2) is 152 Å². The summed E-state index contributed by atoms with van der Waals surface area (Å²) in [4.78, 5) is 2.45. The number of aromatic nitrogens is 1. The van der Waals surface area contributed by atoms with E-state index >= 15 is 0 Å². The second kappa shape index (κ2) is 11.2. The molecule has 1 aliphatic carbocycles. The normalized spacial score (nSPS) is 12.1. The molecule has 1 heterocycles. The first-order chi connectivity index (χ1) is 24.9. The predicted octanol–water partition coefficient (Wildman–Crippen LogP) is 13.9. The molecule has 0 unspecified atom stereocenters. The molecule has 0 spiro atoms. The van der Waals surface area contributed by atoms with Crippen LogP contribution < -0.4 is 4.90 Å². The smallest absolute Gasteiger partial charge is 0.0541 e. The Morgan fingerprint density at radius 3 is 1.65 bits per heavy atom. The van der Waals surface area contributed by atoms with Crippen LogP contribution in [0.25, 0.3) is 71.3 Å². The van der Waals surface area contributed by atoms with Crippen molar-refractivity contribution < 1.29 is 0 Å². The third-order valence-corrected chi connectivity index (χ3v) is 11.1. The van der Waals surface area contributed by atoms with Crippen LogP contribution in [0.4, 0.5) is 17.1 Å². The van der Waals surface area contributed by atoms with E-state index < -0.39 is 0 Å². The van der Waals surface area contributed by atoms with Gasteiger partial charge in [-0.2, -0.15) is 0 Å². The summed E-state index contributed by atoms with van der Waals surface area (Å²) in [5.41, 5.74) is 16.5. The minimum absolute atomic E-state index is 0.452. The minimum Gasteiger partial charge on any atom is -0.310 e. The fourth-order valence-electron chi connectivity index (χ4n) is 8.33. The highest BCUT2D eigenvalue weighted by Gasteiger charge is 2.25. The van der Waals surface area contributed by atoms with Gasteiger partial charge in [-0.05, 0) is 153 Å². The van der Waals surface area contributed by atoms with Crippen LogP contribution in [0.1, 0.15) is 36.5 Å². The summed E-state index contributed by atoms with van der Waals surface area (Å²) < 4.78 is 2.41. The van der Waals surface area contributed by atoms with Gasteiger partial charge < -0.3 is 9.47 Å². The Balaban J connectivity index is 1.10. The highest BCUT2D eigenvalue weighted by Crippen LogP contribution is 2.51. The number of aryl methyl sites for hydroxylation is 2. The molecule has 0 fully saturated rings. The van der Waals surface area contributed by atoms with Gasteiger partial charge >= 0.3 is 0 Å². The molecule has 1 aliphatic rings. The Kier molecular flexibility index (Phi) is 6.54. The van der Waals surface area contributed by atoms with Gasteiger partial charge in [0, 0.05) is 33.5 Å². The van der Waals surface area contributed by atoms with E-state index in [0.717, 1.165) is 0 Å². The Morgan fingerprint density at radius 1 is 0.451 bits per heavy atom. The van der Waals surface area contributed by atoms with Crippen LogP contribution >= 0.6 is 0 Å². The zero-order valence-electron chi connectivity index (χ0n) is 29.4. The molecule has 51 heavy (non-hydrogen) atoms. The van der Waals surface area contributed by atoms with E-state index in [1.54, 1.807) is 0 Å². The average Bonchev–Trinajstić information content (AvgIpc) is 3.49. The summed E-state index contributed by atoms with van der Waals surface area (Å²) >= 11 is 0. The number of hydrogen-bond donors (Lipinski definition) is 0. The maximum absolute atomic E-state index is 2.45. The Bertz CT molecular complexity index is 2820. The third kappa shape index (κ3) is 4.56. The standard InChI is InChI=1S/C49H38N2/c1-30(2)33-18-17-32(4)49(29-33)50(46-14-8-5-11-31(46)3)38-21-19-34-25-42-43-26-35-20-22-39(24-37(35)28-45(43)44(42)27-36(34)23-38)51-47-15-9-6-12-40(47)41-13-7-10-16-48(41)51/h5-30H,1-4H3. The molecule has 2 nitrogen and oxygen atoms in total. The van der Waals surface area contributed by atoms with Crippen molar-refractivity contribution in [2.75, 3.05) is 4.90 Å². The molecule has 10 rings (SSSR count). The third-order valence-electron chi connectivity index (χ3n) is 11.1. The average molecular weight is 655 g/mol. The van der Waals surface area contributed by atoms with Crippen LogP contribution in [0.3, 0.4) is 0 Å². The monoisotopic (exact) mass is 654 g/mol. The van der Waals surface area contributed by atoms with Gasteiger partial charge in [-0.3, -0.25) is 0 Å². The number of nitrogens with zero attached hydrogens (tertiary/aromatic N) is 2. The van der Waals surface area contributed by atoms with Gasteiger partial charge in [-0.1, -0.05) is 92.7 Å². The molecule has 1 aromatic heterocycles. The predicted molar refractivity (Wildman–Crippen MR) is 218 cm³/mol. The van der Waals surface area contributed by atoms with Gasteiger partial charge in [-0.25, -0.2) is 0 Å². The first-order valence-electron chi connectivity index (χ1n) is 18.0. The zero-order valence-corrected chi connectivity index (χ0v) is 29.4. The molecule has 2 heteroatoms. The number of hydrogen-bond acceptors (Lipinski definition) is 1. The largest absolute Gasteiger partial charge is 0.310 e. The number of anilines is 3. The number of benzene rings is 8. The quantitative estimate of drug-likeness (QED) is 0.179. The van der Waals surface area contributed by atoms with Crippen LogP contribution in [0.2, 0.25) is 0 Å². The molecular formula is C49H38N2. The van der Waals surface area contributed by atoms with Crippen molar-refractivity contribution in [3.63, 3.8) is 0 Å². The summed E-state index contributed by atoms with van der Waals surface area (Å²) in [6.07, 6.45) is 0. The molecule has 0 saturated carbocycles. The van der Waals surface area contributed by atoms with Crippen molar-refractivity contribution in [2.24, 2.45) is 0 Å². The second-order valence-electron chi connectivity index (χ2n) is 14.6. The molecule has 9 aromatic rings. The minimum atomic E-state index is 0.452. The van der Waals surface area contributed by atoms with Crippen LogP contribution in [0.5, 0.6) is 0 Å². The molecule has 0 amide bonds. The van der Waals surface area contributed by atoms with Gasteiger partial charge in [0.25, 0.3) is 0 Å². The molecule has 0 aliphatic heterocycles. The van der Waals surface area contributed by atoms with Gasteiger partial charge in [0.15, 0.2) is 0 Å². The second-order valence-corrected chi connectivity index (χ2v) is 14.6. The summed E-state index contributed by atoms with van der Waals surface area (Å²) in [5.74, 6) is 0.452. The van der Waals surface area contributed by atoms with Gasteiger partial charge in [0.1, 0.15) is 0 Å². The number of fused-ring (bicyclic) bond motifs is 9. The van der Waals surface area contributed by atoms with E-state index in [-0.39, 0.29) is 0 Å². The van der Waals surface area contributed by atoms with E-state index in [4.69, 9.17) is 0 Å². The summed E-state index contributed by atoms with van der Waals surface area (Å²) in [7, 11) is 0. The first kappa shape index (κ1) is 29.8. The lowest BCUT2D eigenvalue weighted by Gasteiger charge is -2.30. The van der Waals surface area contributed by atoms with Crippen molar-refractivity contribution in [3.05, 3.63) is 168 Å². The lowest BCUT2D eigenvalue weighted by atomic mass is 9.78. The van der Waals surface area contributed by atoms with E-state index in [0.29, 0.717) is 5.92 Å². The first-order valence-corrected chi connectivity index (χ1v) is 18.0. The van der Waals surface area contributed by atoms with Crippen molar-refractivity contribution >= 4 is 60.4 Å². The van der Waals surface area contributed by atoms with Crippen molar-refractivity contribution in [3.8, 4) is 27.9 Å². The van der Waals surface area contributed by atoms with Crippen molar-refractivity contribution in [1.29, 1.82) is 0 Å². The Hall–Kier alpha value is -6.12. The lowest BCUT2D eigenvalue weighted by Crippen LogP contribution is -2.13. The van der Waals surface area contributed by atoms with E-state index in [1.807, 2.05) is 0 Å².